The van der Waals surface area contributed by atoms with Crippen molar-refractivity contribution >= 4 is 0 Å². The van der Waals surface area contributed by atoms with E-state index < -0.39 is 0 Å². The summed E-state index contributed by atoms with van der Waals surface area (Å²) in [6, 6.07) is 0. The maximum absolute atomic E-state index is 4.70. The Kier molecular flexibility index (Phi) is 14.4. The van der Waals surface area contributed by atoms with Gasteiger partial charge in [-0.1, -0.05) is 70.4 Å². The van der Waals surface area contributed by atoms with E-state index in [1.165, 1.54) is 64.2 Å². The van der Waals surface area contributed by atoms with Crippen LogP contribution in [0.3, 0.4) is 0 Å². The van der Waals surface area contributed by atoms with E-state index in [0.29, 0.717) is 6.61 Å². The van der Waals surface area contributed by atoms with Crippen molar-refractivity contribution < 1.29 is 4.74 Å². The highest BCUT2D eigenvalue weighted by molar-refractivity contribution is 4.81. The summed E-state index contributed by atoms with van der Waals surface area (Å²) in [5.41, 5.74) is 0. The molecule has 0 amide bonds. The molecule has 0 aromatic carbocycles. The van der Waals surface area contributed by atoms with Crippen LogP contribution in [0, 0.1) is 7.11 Å². The van der Waals surface area contributed by atoms with Gasteiger partial charge in [-0.25, -0.2) is 0 Å². The van der Waals surface area contributed by atoms with E-state index in [-0.39, 0.29) is 0 Å². The van der Waals surface area contributed by atoms with E-state index in [9.17, 15) is 0 Å². The molecule has 1 nitrogen and oxygen atoms in total. The second kappa shape index (κ2) is 14.7. The first-order valence-corrected chi connectivity index (χ1v) is 6.93. The van der Waals surface area contributed by atoms with Crippen molar-refractivity contribution in [3.8, 4) is 0 Å². The molecule has 0 spiro atoms. The van der Waals surface area contributed by atoms with Crippen molar-refractivity contribution in [2.24, 2.45) is 0 Å². The number of unbranched alkanes of at least 4 members (excludes halogenated alkanes) is 9. The summed E-state index contributed by atoms with van der Waals surface area (Å²) in [4.78, 5) is 0. The van der Waals surface area contributed by atoms with Crippen LogP contribution in [0.4, 0.5) is 0 Å². The smallest absolute Gasteiger partial charge is 0.0704 e. The molecule has 16 heavy (non-hydrogen) atoms. The summed E-state index contributed by atoms with van der Waals surface area (Å²) in [5.74, 6) is 0. The Labute approximate surface area is 102 Å². The molecule has 0 aromatic rings. The van der Waals surface area contributed by atoms with Gasteiger partial charge in [-0.2, -0.15) is 0 Å². The van der Waals surface area contributed by atoms with Gasteiger partial charge >= 0.3 is 0 Å². The first-order valence-electron chi connectivity index (χ1n) is 6.93. The third-order valence-electron chi connectivity index (χ3n) is 2.86. The molecule has 0 bridgehead atoms. The van der Waals surface area contributed by atoms with Gasteiger partial charge in [-0.3, -0.25) is 0 Å². The van der Waals surface area contributed by atoms with E-state index in [1.54, 1.807) is 0 Å². The van der Waals surface area contributed by atoms with Gasteiger partial charge in [0.1, 0.15) is 0 Å². The fraction of sp³-hybridized carbons (Fsp3) is 0.800. The Morgan fingerprint density at radius 2 is 1.38 bits per heavy atom. The first-order chi connectivity index (χ1) is 7.91. The highest BCUT2D eigenvalue weighted by Crippen LogP contribution is 2.10. The zero-order valence-corrected chi connectivity index (χ0v) is 11.0. The maximum Gasteiger partial charge on any atom is 0.0704 e. The van der Waals surface area contributed by atoms with E-state index in [4.69, 9.17) is 4.74 Å². The van der Waals surface area contributed by atoms with Gasteiger partial charge < -0.3 is 4.74 Å². The Hall–Kier alpha value is -0.300. The molecule has 0 N–H and O–H groups in total. The van der Waals surface area contributed by atoms with Crippen molar-refractivity contribution in [1.82, 2.24) is 0 Å². The lowest BCUT2D eigenvalue weighted by Crippen LogP contribution is -1.81. The zero-order chi connectivity index (χ0) is 11.9. The number of ether oxygens (including phenoxy) is 1. The van der Waals surface area contributed by atoms with Crippen LogP contribution in [0.5, 0.6) is 0 Å². The van der Waals surface area contributed by atoms with Gasteiger partial charge in [0.15, 0.2) is 0 Å². The fourth-order valence-corrected chi connectivity index (χ4v) is 1.83. The van der Waals surface area contributed by atoms with Crippen LogP contribution < -0.4 is 0 Å². The standard InChI is InChI=1S/C15H29O/c1-3-4-5-6-7-8-9-10-11-12-13-14-15-16-2/h13-14H,2-12,15H2,1H3/b14-13+. The van der Waals surface area contributed by atoms with E-state index in [2.05, 4.69) is 26.2 Å². The number of hydrogen-bond donors (Lipinski definition) is 0. The average molecular weight is 225 g/mol. The molecule has 1 radical (unpaired) electrons. The highest BCUT2D eigenvalue weighted by atomic mass is 16.5. The molecule has 0 unspecified atom stereocenters. The molecule has 0 atom stereocenters. The van der Waals surface area contributed by atoms with Crippen LogP contribution in [0.25, 0.3) is 0 Å². The predicted octanol–water partition coefficient (Wildman–Crippen LogP) is 5.27. The summed E-state index contributed by atoms with van der Waals surface area (Å²) < 4.78 is 4.70. The molecule has 0 aliphatic rings. The van der Waals surface area contributed by atoms with Crippen molar-refractivity contribution in [2.45, 2.75) is 71.1 Å². The second-order valence-electron chi connectivity index (χ2n) is 4.46. The molecule has 1 heteroatoms. The zero-order valence-electron chi connectivity index (χ0n) is 11.0. The third-order valence-corrected chi connectivity index (χ3v) is 2.86. The van der Waals surface area contributed by atoms with Crippen LogP contribution >= 0.6 is 0 Å². The molecule has 95 valence electrons. The monoisotopic (exact) mass is 225 g/mol. The quantitative estimate of drug-likeness (QED) is 0.325. The van der Waals surface area contributed by atoms with Gasteiger partial charge in [0.05, 0.1) is 13.7 Å². The first kappa shape index (κ1) is 15.7. The Morgan fingerprint density at radius 1 is 0.812 bits per heavy atom. The van der Waals surface area contributed by atoms with Gasteiger partial charge in [0, 0.05) is 0 Å². The lowest BCUT2D eigenvalue weighted by Gasteiger charge is -2.00. The van der Waals surface area contributed by atoms with Crippen LogP contribution in [-0.4, -0.2) is 6.61 Å². The Morgan fingerprint density at radius 3 is 1.94 bits per heavy atom. The van der Waals surface area contributed by atoms with E-state index >= 15 is 0 Å². The fourth-order valence-electron chi connectivity index (χ4n) is 1.83. The molecule has 0 heterocycles. The minimum Gasteiger partial charge on any atom is -0.375 e. The lowest BCUT2D eigenvalue weighted by molar-refractivity contribution is 0.281. The molecule has 0 rings (SSSR count). The summed E-state index contributed by atoms with van der Waals surface area (Å²) in [6.45, 7) is 2.92. The van der Waals surface area contributed by atoms with Gasteiger partial charge in [-0.05, 0) is 12.8 Å². The summed E-state index contributed by atoms with van der Waals surface area (Å²) in [5, 5.41) is 0. The highest BCUT2D eigenvalue weighted by Gasteiger charge is 1.90. The van der Waals surface area contributed by atoms with Crippen molar-refractivity contribution in [1.29, 1.82) is 0 Å². The summed E-state index contributed by atoms with van der Waals surface area (Å²) in [6.07, 6.45) is 18.1. The normalized spacial score (nSPS) is 11.4. The van der Waals surface area contributed by atoms with Crippen molar-refractivity contribution in [3.05, 3.63) is 19.3 Å². The third kappa shape index (κ3) is 13.7. The molecule has 0 aliphatic heterocycles. The molecule has 0 saturated carbocycles. The van der Waals surface area contributed by atoms with Crippen molar-refractivity contribution in [2.75, 3.05) is 6.61 Å². The molecular weight excluding hydrogens is 196 g/mol. The van der Waals surface area contributed by atoms with Crippen LogP contribution in [0.2, 0.25) is 0 Å². The summed E-state index contributed by atoms with van der Waals surface area (Å²) >= 11 is 0. The van der Waals surface area contributed by atoms with Gasteiger partial charge in [0.25, 0.3) is 0 Å². The average Bonchev–Trinajstić information content (AvgIpc) is 2.31. The topological polar surface area (TPSA) is 9.23 Å². The van der Waals surface area contributed by atoms with Gasteiger partial charge in [0.2, 0.25) is 0 Å². The van der Waals surface area contributed by atoms with Crippen LogP contribution in [0.15, 0.2) is 12.2 Å². The molecular formula is C15H29O. The molecule has 0 fully saturated rings. The minimum atomic E-state index is 0.650. The lowest BCUT2D eigenvalue weighted by atomic mass is 10.1. The van der Waals surface area contributed by atoms with Gasteiger partial charge in [-0.15, -0.1) is 0 Å². The maximum atomic E-state index is 4.70. The summed E-state index contributed by atoms with van der Waals surface area (Å²) in [7, 11) is 3.32. The molecule has 0 aliphatic carbocycles. The molecule has 0 aromatic heterocycles. The van der Waals surface area contributed by atoms with Crippen LogP contribution in [0.1, 0.15) is 71.1 Å². The van der Waals surface area contributed by atoms with Crippen LogP contribution in [-0.2, 0) is 4.74 Å². The largest absolute Gasteiger partial charge is 0.375 e. The predicted molar refractivity (Wildman–Crippen MR) is 72.3 cm³/mol. The number of rotatable bonds is 12. The molecule has 0 saturated heterocycles. The van der Waals surface area contributed by atoms with E-state index in [1.807, 2.05) is 0 Å². The minimum absolute atomic E-state index is 0.650. The Balaban J connectivity index is 2.93. The van der Waals surface area contributed by atoms with E-state index in [0.717, 1.165) is 0 Å². The Bertz CT molecular complexity index is 140. The second-order valence-corrected chi connectivity index (χ2v) is 4.46. The number of hydrogen-bond acceptors (Lipinski definition) is 1. The SMILES string of the molecule is [CH2]OC/C=C/CCCCCCCCCCC. The number of allylic oxidation sites excluding steroid dienone is 1. The van der Waals surface area contributed by atoms with Crippen molar-refractivity contribution in [3.63, 3.8) is 0 Å².